The van der Waals surface area contributed by atoms with Crippen LogP contribution < -0.4 is 19.6 Å². The summed E-state index contributed by atoms with van der Waals surface area (Å²) >= 11 is 0. The minimum absolute atomic E-state index is 0.125. The lowest BCUT2D eigenvalue weighted by Gasteiger charge is -2.15. The van der Waals surface area contributed by atoms with Crippen molar-refractivity contribution in [2.75, 3.05) is 21.3 Å². The third-order valence-electron chi connectivity index (χ3n) is 5.80. The van der Waals surface area contributed by atoms with Crippen LogP contribution in [0.3, 0.4) is 0 Å². The predicted octanol–water partition coefficient (Wildman–Crippen LogP) is 6.31. The van der Waals surface area contributed by atoms with Gasteiger partial charge < -0.3 is 18.6 Å². The van der Waals surface area contributed by atoms with E-state index < -0.39 is 0 Å². The highest BCUT2D eigenvalue weighted by atomic mass is 16.5. The van der Waals surface area contributed by atoms with E-state index in [9.17, 15) is 4.79 Å². The topological polar surface area (TPSA) is 57.9 Å². The fourth-order valence-electron chi connectivity index (χ4n) is 4.18. The maximum atomic E-state index is 13.5. The van der Waals surface area contributed by atoms with Crippen molar-refractivity contribution in [1.82, 2.24) is 0 Å². The Morgan fingerprint density at radius 1 is 0.606 bits per heavy atom. The van der Waals surface area contributed by atoms with Gasteiger partial charge >= 0.3 is 0 Å². The average Bonchev–Trinajstić information content (AvgIpc) is 2.87. The number of methoxy groups -OCH3 is 3. The number of rotatable bonds is 5. The fraction of sp³-hybridized carbons (Fsp3) is 0.107. The number of hydrogen-bond donors (Lipinski definition) is 0. The fourth-order valence-corrected chi connectivity index (χ4v) is 4.18. The molecular weight excluding hydrogens is 416 g/mol. The SMILES string of the molecule is COc1ccc(-c2cc3oc4cccc(OC)c4c(=O)c3cc2-c2ccccc2)cc1OC. The molecule has 0 saturated heterocycles. The monoisotopic (exact) mass is 438 g/mol. The lowest BCUT2D eigenvalue weighted by Crippen LogP contribution is -2.05. The molecule has 0 bridgehead atoms. The van der Waals surface area contributed by atoms with Crippen molar-refractivity contribution in [3.05, 3.63) is 89.1 Å². The summed E-state index contributed by atoms with van der Waals surface area (Å²) in [6, 6.07) is 24.9. The summed E-state index contributed by atoms with van der Waals surface area (Å²) in [6.07, 6.45) is 0. The van der Waals surface area contributed by atoms with Crippen molar-refractivity contribution in [3.8, 4) is 39.5 Å². The van der Waals surface area contributed by atoms with E-state index in [-0.39, 0.29) is 5.43 Å². The Bertz CT molecular complexity index is 1530. The summed E-state index contributed by atoms with van der Waals surface area (Å²) < 4.78 is 22.5. The molecule has 0 fully saturated rings. The predicted molar refractivity (Wildman–Crippen MR) is 131 cm³/mol. The van der Waals surface area contributed by atoms with Crippen LogP contribution >= 0.6 is 0 Å². The van der Waals surface area contributed by atoms with Crippen LogP contribution in [-0.4, -0.2) is 21.3 Å². The summed E-state index contributed by atoms with van der Waals surface area (Å²) in [5.74, 6) is 1.76. The largest absolute Gasteiger partial charge is 0.496 e. The molecule has 0 atom stereocenters. The molecule has 0 aliphatic rings. The molecule has 33 heavy (non-hydrogen) atoms. The molecule has 1 heterocycles. The van der Waals surface area contributed by atoms with Gasteiger partial charge in [-0.2, -0.15) is 0 Å². The molecule has 0 unspecified atom stereocenters. The van der Waals surface area contributed by atoms with Gasteiger partial charge in [0.15, 0.2) is 11.5 Å². The van der Waals surface area contributed by atoms with E-state index in [1.54, 1.807) is 33.5 Å². The third-order valence-corrected chi connectivity index (χ3v) is 5.80. The van der Waals surface area contributed by atoms with Gasteiger partial charge in [0.05, 0.1) is 26.7 Å². The van der Waals surface area contributed by atoms with Gasteiger partial charge in [-0.25, -0.2) is 0 Å². The Balaban J connectivity index is 1.87. The van der Waals surface area contributed by atoms with E-state index in [0.29, 0.717) is 39.2 Å². The second-order valence-electron chi connectivity index (χ2n) is 7.59. The first-order valence-electron chi connectivity index (χ1n) is 10.5. The lowest BCUT2D eigenvalue weighted by molar-refractivity contribution is 0.355. The minimum Gasteiger partial charge on any atom is -0.496 e. The zero-order valence-electron chi connectivity index (χ0n) is 18.5. The van der Waals surface area contributed by atoms with E-state index in [0.717, 1.165) is 22.3 Å². The normalized spacial score (nSPS) is 11.0. The molecule has 0 spiro atoms. The van der Waals surface area contributed by atoms with Gasteiger partial charge in [0, 0.05) is 0 Å². The van der Waals surface area contributed by atoms with Gasteiger partial charge in [0.1, 0.15) is 22.3 Å². The number of fused-ring (bicyclic) bond motifs is 2. The first-order chi connectivity index (χ1) is 16.1. The Morgan fingerprint density at radius 3 is 2.06 bits per heavy atom. The van der Waals surface area contributed by atoms with Crippen molar-refractivity contribution in [1.29, 1.82) is 0 Å². The van der Waals surface area contributed by atoms with Crippen LogP contribution in [0.25, 0.3) is 44.2 Å². The maximum Gasteiger partial charge on any atom is 0.204 e. The maximum absolute atomic E-state index is 13.5. The van der Waals surface area contributed by atoms with E-state index in [1.807, 2.05) is 66.7 Å². The van der Waals surface area contributed by atoms with E-state index in [4.69, 9.17) is 18.6 Å². The van der Waals surface area contributed by atoms with Crippen molar-refractivity contribution in [2.45, 2.75) is 0 Å². The zero-order chi connectivity index (χ0) is 22.9. The standard InChI is InChI=1S/C28H22O5/c1-30-22-13-12-18(14-26(22)32-3)20-16-25-21(15-19(20)17-8-5-4-6-9-17)28(29)27-23(31-2)10-7-11-24(27)33-25/h4-16H,1-3H3. The van der Waals surface area contributed by atoms with Crippen molar-refractivity contribution in [3.63, 3.8) is 0 Å². The molecule has 5 heteroatoms. The molecule has 0 aliphatic heterocycles. The Kier molecular flexibility index (Phi) is 5.23. The smallest absolute Gasteiger partial charge is 0.204 e. The van der Waals surface area contributed by atoms with Gasteiger partial charge in [-0.3, -0.25) is 4.79 Å². The van der Waals surface area contributed by atoms with Crippen LogP contribution in [0.1, 0.15) is 0 Å². The van der Waals surface area contributed by atoms with Crippen LogP contribution in [0.4, 0.5) is 0 Å². The van der Waals surface area contributed by atoms with Crippen LogP contribution in [0, 0.1) is 0 Å². The highest BCUT2D eigenvalue weighted by Crippen LogP contribution is 2.39. The van der Waals surface area contributed by atoms with Gasteiger partial charge in [-0.15, -0.1) is 0 Å². The van der Waals surface area contributed by atoms with Crippen molar-refractivity contribution in [2.24, 2.45) is 0 Å². The van der Waals surface area contributed by atoms with Crippen LogP contribution in [-0.2, 0) is 0 Å². The highest BCUT2D eigenvalue weighted by molar-refractivity contribution is 5.99. The molecule has 0 saturated carbocycles. The molecule has 0 amide bonds. The first kappa shape index (κ1) is 20.6. The van der Waals surface area contributed by atoms with Crippen LogP contribution in [0.15, 0.2) is 88.1 Å². The van der Waals surface area contributed by atoms with Gasteiger partial charge in [0.2, 0.25) is 5.43 Å². The van der Waals surface area contributed by atoms with Gasteiger partial charge in [-0.1, -0.05) is 42.5 Å². The minimum atomic E-state index is -0.125. The van der Waals surface area contributed by atoms with Crippen LogP contribution in [0.5, 0.6) is 17.2 Å². The van der Waals surface area contributed by atoms with E-state index in [1.165, 1.54) is 0 Å². The quantitative estimate of drug-likeness (QED) is 0.301. The number of hydrogen-bond acceptors (Lipinski definition) is 5. The molecule has 5 rings (SSSR count). The molecular formula is C28H22O5. The molecule has 4 aromatic carbocycles. The summed E-state index contributed by atoms with van der Waals surface area (Å²) in [7, 11) is 4.77. The summed E-state index contributed by atoms with van der Waals surface area (Å²) in [5.41, 5.74) is 4.60. The summed E-state index contributed by atoms with van der Waals surface area (Å²) in [5, 5.41) is 0.931. The Labute approximate surface area is 190 Å². The Hall–Kier alpha value is -4.25. The van der Waals surface area contributed by atoms with Gasteiger partial charge in [0.25, 0.3) is 0 Å². The molecule has 0 aliphatic carbocycles. The summed E-state index contributed by atoms with van der Waals surface area (Å²) in [4.78, 5) is 13.5. The number of benzene rings is 4. The van der Waals surface area contributed by atoms with E-state index >= 15 is 0 Å². The van der Waals surface area contributed by atoms with Crippen LogP contribution in [0.2, 0.25) is 0 Å². The first-order valence-corrected chi connectivity index (χ1v) is 10.5. The zero-order valence-corrected chi connectivity index (χ0v) is 18.5. The van der Waals surface area contributed by atoms with Crippen molar-refractivity contribution < 1.29 is 18.6 Å². The highest BCUT2D eigenvalue weighted by Gasteiger charge is 2.17. The molecule has 5 nitrogen and oxygen atoms in total. The molecule has 5 aromatic rings. The second-order valence-corrected chi connectivity index (χ2v) is 7.59. The van der Waals surface area contributed by atoms with E-state index in [2.05, 4.69) is 0 Å². The molecule has 1 aromatic heterocycles. The summed E-state index contributed by atoms with van der Waals surface area (Å²) in [6.45, 7) is 0. The molecule has 164 valence electrons. The Morgan fingerprint density at radius 2 is 1.33 bits per heavy atom. The van der Waals surface area contributed by atoms with Gasteiger partial charge in [-0.05, 0) is 58.7 Å². The second kappa shape index (κ2) is 8.36. The third kappa shape index (κ3) is 3.48. The molecule has 0 radical (unpaired) electrons. The number of ether oxygens (including phenoxy) is 3. The lowest BCUT2D eigenvalue weighted by atomic mass is 9.92. The average molecular weight is 438 g/mol. The van der Waals surface area contributed by atoms with Crippen molar-refractivity contribution >= 4 is 21.9 Å². The molecule has 0 N–H and O–H groups in total.